The number of aliphatic imine (C=N–C) groups is 1. The summed E-state index contributed by atoms with van der Waals surface area (Å²) >= 11 is 0. The predicted molar refractivity (Wildman–Crippen MR) is 104 cm³/mol. The molecular formula is C16H28F2IN5O. The highest BCUT2D eigenvalue weighted by Crippen LogP contribution is 2.43. The monoisotopic (exact) mass is 471 g/mol. The first-order valence-electron chi connectivity index (χ1n) is 8.41. The van der Waals surface area contributed by atoms with Gasteiger partial charge in [0, 0.05) is 39.2 Å². The summed E-state index contributed by atoms with van der Waals surface area (Å²) in [6.45, 7) is 1.76. The second-order valence-corrected chi connectivity index (χ2v) is 6.17. The third kappa shape index (κ3) is 6.36. The van der Waals surface area contributed by atoms with E-state index in [1.54, 1.807) is 7.11 Å². The second-order valence-electron chi connectivity index (χ2n) is 6.17. The molecule has 25 heavy (non-hydrogen) atoms. The van der Waals surface area contributed by atoms with Gasteiger partial charge < -0.3 is 15.4 Å². The number of methoxy groups -OCH3 is 1. The van der Waals surface area contributed by atoms with Gasteiger partial charge in [-0.25, -0.2) is 9.98 Å². The molecule has 1 aliphatic rings. The van der Waals surface area contributed by atoms with Crippen molar-refractivity contribution in [2.24, 2.45) is 10.4 Å². The highest BCUT2D eigenvalue weighted by atomic mass is 127. The molecule has 144 valence electrons. The molecule has 0 bridgehead atoms. The van der Waals surface area contributed by atoms with Crippen LogP contribution in [0.15, 0.2) is 17.4 Å². The number of halogens is 3. The zero-order chi connectivity index (χ0) is 17.4. The summed E-state index contributed by atoms with van der Waals surface area (Å²) in [7, 11) is 1.72. The Morgan fingerprint density at radius 2 is 2.20 bits per heavy atom. The molecule has 0 amide bonds. The van der Waals surface area contributed by atoms with Gasteiger partial charge in [-0.3, -0.25) is 4.57 Å². The summed E-state index contributed by atoms with van der Waals surface area (Å²) in [4.78, 5) is 8.34. The molecular weight excluding hydrogens is 443 g/mol. The minimum atomic E-state index is -2.60. The number of alkyl halides is 2. The maximum atomic E-state index is 12.8. The number of nitrogens with one attached hydrogen (secondary N) is 2. The normalized spacial score (nSPS) is 16.3. The molecule has 6 nitrogen and oxygen atoms in total. The molecule has 1 aromatic rings. The van der Waals surface area contributed by atoms with Crippen LogP contribution in [0, 0.1) is 5.41 Å². The van der Waals surface area contributed by atoms with Crippen LogP contribution >= 0.6 is 24.0 Å². The Balaban J connectivity index is 0.00000312. The summed E-state index contributed by atoms with van der Waals surface area (Å²) < 4.78 is 31.7. The molecule has 1 saturated carbocycles. The van der Waals surface area contributed by atoms with Crippen molar-refractivity contribution in [2.75, 3.05) is 26.8 Å². The Bertz CT molecular complexity index is 534. The average molecular weight is 471 g/mol. The lowest BCUT2D eigenvalue weighted by Crippen LogP contribution is -2.47. The van der Waals surface area contributed by atoms with Crippen LogP contribution in [-0.2, 0) is 11.3 Å². The standard InChI is InChI=1S/C16H27F2N5O.HI/c1-3-19-15(21-11-13-20-8-9-23(13)14(17)18)22-12-16(5-4-6-16)7-10-24-2;/h8-9,14H,3-7,10-12H2,1-2H3,(H2,19,21,22);1H. The maximum Gasteiger partial charge on any atom is 0.319 e. The predicted octanol–water partition coefficient (Wildman–Crippen LogP) is 3.16. The number of ether oxygens (including phenoxy) is 1. The summed E-state index contributed by atoms with van der Waals surface area (Å²) in [6.07, 6.45) is 7.25. The molecule has 1 fully saturated rings. The topological polar surface area (TPSA) is 63.5 Å². The van der Waals surface area contributed by atoms with Crippen LogP contribution in [0.25, 0.3) is 0 Å². The molecule has 9 heteroatoms. The number of hydrogen-bond donors (Lipinski definition) is 2. The third-order valence-corrected chi connectivity index (χ3v) is 4.56. The summed E-state index contributed by atoms with van der Waals surface area (Å²) in [5.41, 5.74) is 0.258. The lowest BCUT2D eigenvalue weighted by molar-refractivity contribution is 0.0671. The first kappa shape index (κ1) is 22.1. The fraction of sp³-hybridized carbons (Fsp3) is 0.750. The van der Waals surface area contributed by atoms with Gasteiger partial charge in [0.15, 0.2) is 5.96 Å². The van der Waals surface area contributed by atoms with Crippen molar-refractivity contribution in [3.8, 4) is 0 Å². The molecule has 0 aliphatic heterocycles. The van der Waals surface area contributed by atoms with E-state index in [0.717, 1.165) is 24.1 Å². The van der Waals surface area contributed by atoms with Gasteiger partial charge >= 0.3 is 6.55 Å². The lowest BCUT2D eigenvalue weighted by atomic mass is 9.67. The Kier molecular flexibility index (Phi) is 9.62. The molecule has 1 aromatic heterocycles. The maximum absolute atomic E-state index is 12.8. The van der Waals surface area contributed by atoms with Crippen LogP contribution in [0.1, 0.15) is 45.0 Å². The first-order chi connectivity index (χ1) is 11.6. The minimum absolute atomic E-state index is 0. The van der Waals surface area contributed by atoms with E-state index in [1.807, 2.05) is 6.92 Å². The van der Waals surface area contributed by atoms with Crippen LogP contribution in [0.2, 0.25) is 0 Å². The van der Waals surface area contributed by atoms with Crippen molar-refractivity contribution in [2.45, 2.75) is 45.7 Å². The van der Waals surface area contributed by atoms with Gasteiger partial charge in [0.25, 0.3) is 0 Å². The summed E-state index contributed by atoms with van der Waals surface area (Å²) in [5.74, 6) is 0.880. The number of aromatic nitrogens is 2. The van der Waals surface area contributed by atoms with Gasteiger partial charge in [0.1, 0.15) is 12.4 Å². The van der Waals surface area contributed by atoms with Crippen molar-refractivity contribution < 1.29 is 13.5 Å². The van der Waals surface area contributed by atoms with Gasteiger partial charge in [0.2, 0.25) is 0 Å². The molecule has 0 unspecified atom stereocenters. The van der Waals surface area contributed by atoms with Crippen molar-refractivity contribution in [3.05, 3.63) is 18.2 Å². The van der Waals surface area contributed by atoms with E-state index in [2.05, 4.69) is 20.6 Å². The van der Waals surface area contributed by atoms with E-state index < -0.39 is 6.55 Å². The van der Waals surface area contributed by atoms with Crippen molar-refractivity contribution in [1.29, 1.82) is 0 Å². The Labute approximate surface area is 164 Å². The molecule has 1 heterocycles. The highest BCUT2D eigenvalue weighted by Gasteiger charge is 2.36. The second kappa shape index (κ2) is 10.9. The quantitative estimate of drug-likeness (QED) is 0.330. The third-order valence-electron chi connectivity index (χ3n) is 4.56. The summed E-state index contributed by atoms with van der Waals surface area (Å²) in [5, 5.41) is 6.50. The first-order valence-corrected chi connectivity index (χ1v) is 8.41. The van der Waals surface area contributed by atoms with Crippen molar-refractivity contribution >= 4 is 29.9 Å². The van der Waals surface area contributed by atoms with Crippen LogP contribution in [0.3, 0.4) is 0 Å². The number of imidazole rings is 1. The number of rotatable bonds is 9. The Morgan fingerprint density at radius 1 is 1.44 bits per heavy atom. The van der Waals surface area contributed by atoms with Crippen molar-refractivity contribution in [3.63, 3.8) is 0 Å². The fourth-order valence-electron chi connectivity index (χ4n) is 2.92. The minimum Gasteiger partial charge on any atom is -0.385 e. The van der Waals surface area contributed by atoms with Gasteiger partial charge in [-0.15, -0.1) is 24.0 Å². The van der Waals surface area contributed by atoms with Gasteiger partial charge in [-0.1, -0.05) is 6.42 Å². The summed E-state index contributed by atoms with van der Waals surface area (Å²) in [6, 6.07) is 0. The molecule has 0 radical (unpaired) electrons. The van der Waals surface area contributed by atoms with E-state index in [-0.39, 0.29) is 41.8 Å². The lowest BCUT2D eigenvalue weighted by Gasteiger charge is -2.42. The zero-order valence-electron chi connectivity index (χ0n) is 14.8. The van der Waals surface area contributed by atoms with Gasteiger partial charge in [-0.05, 0) is 31.6 Å². The van der Waals surface area contributed by atoms with E-state index in [9.17, 15) is 8.78 Å². The van der Waals surface area contributed by atoms with E-state index in [4.69, 9.17) is 4.74 Å². The molecule has 2 N–H and O–H groups in total. The van der Waals surface area contributed by atoms with E-state index in [1.165, 1.54) is 31.7 Å². The Morgan fingerprint density at radius 3 is 2.76 bits per heavy atom. The van der Waals surface area contributed by atoms with Crippen LogP contribution in [-0.4, -0.2) is 42.3 Å². The molecule has 0 aromatic carbocycles. The van der Waals surface area contributed by atoms with Crippen molar-refractivity contribution in [1.82, 2.24) is 20.2 Å². The van der Waals surface area contributed by atoms with E-state index in [0.29, 0.717) is 12.5 Å². The molecule has 2 rings (SSSR count). The van der Waals surface area contributed by atoms with E-state index >= 15 is 0 Å². The van der Waals surface area contributed by atoms with Crippen LogP contribution in [0.4, 0.5) is 8.78 Å². The molecule has 1 aliphatic carbocycles. The molecule has 0 atom stereocenters. The molecule has 0 saturated heterocycles. The average Bonchev–Trinajstić information content (AvgIpc) is 2.99. The van der Waals surface area contributed by atoms with Crippen LogP contribution in [0.5, 0.6) is 0 Å². The zero-order valence-corrected chi connectivity index (χ0v) is 17.1. The Hall–Kier alpha value is -0.970. The number of guanidine groups is 1. The van der Waals surface area contributed by atoms with Gasteiger partial charge in [-0.2, -0.15) is 8.78 Å². The van der Waals surface area contributed by atoms with Crippen LogP contribution < -0.4 is 10.6 Å². The number of nitrogens with zero attached hydrogens (tertiary/aromatic N) is 3. The largest absolute Gasteiger partial charge is 0.385 e. The number of hydrogen-bond acceptors (Lipinski definition) is 3. The molecule has 0 spiro atoms. The SMILES string of the molecule is CCNC(=NCc1nccn1C(F)F)NCC1(CCOC)CCC1.I. The highest BCUT2D eigenvalue weighted by molar-refractivity contribution is 14.0. The fourth-order valence-corrected chi connectivity index (χ4v) is 2.92. The van der Waals surface area contributed by atoms with Gasteiger partial charge in [0.05, 0.1) is 0 Å². The smallest absolute Gasteiger partial charge is 0.319 e.